The zero-order chi connectivity index (χ0) is 15.4. The Bertz CT molecular complexity index is 604. The molecule has 0 spiro atoms. The summed E-state index contributed by atoms with van der Waals surface area (Å²) < 4.78 is 6.82. The monoisotopic (exact) mass is 288 g/mol. The molecule has 0 saturated heterocycles. The third-order valence-corrected chi connectivity index (χ3v) is 3.47. The molecule has 2 unspecified atom stereocenters. The minimum Gasteiger partial charge on any atom is -0.497 e. The maximum atomic E-state index is 12.1. The lowest BCUT2D eigenvalue weighted by Crippen LogP contribution is -2.37. The molecule has 1 aromatic carbocycles. The van der Waals surface area contributed by atoms with E-state index in [1.807, 2.05) is 0 Å². The van der Waals surface area contributed by atoms with Crippen LogP contribution in [0, 0.1) is 0 Å². The lowest BCUT2D eigenvalue weighted by molar-refractivity contribution is 0.0844. The Balaban J connectivity index is 2.03. The molecule has 0 aliphatic carbocycles. The third-order valence-electron chi connectivity index (χ3n) is 3.47. The van der Waals surface area contributed by atoms with E-state index < -0.39 is 12.1 Å². The predicted octanol–water partition coefficient (Wildman–Crippen LogP) is 1.89. The first-order chi connectivity index (χ1) is 10.0. The van der Waals surface area contributed by atoms with Crippen molar-refractivity contribution in [1.82, 2.24) is 9.88 Å². The molecule has 0 bridgehead atoms. The van der Waals surface area contributed by atoms with Crippen molar-refractivity contribution in [3.8, 4) is 5.75 Å². The first-order valence-corrected chi connectivity index (χ1v) is 6.77. The van der Waals surface area contributed by atoms with Crippen molar-refractivity contribution in [3.63, 3.8) is 0 Å². The van der Waals surface area contributed by atoms with Crippen molar-refractivity contribution in [2.75, 3.05) is 7.11 Å². The van der Waals surface area contributed by atoms with E-state index in [1.54, 1.807) is 68.2 Å². The van der Waals surface area contributed by atoms with Gasteiger partial charge in [-0.15, -0.1) is 0 Å². The van der Waals surface area contributed by atoms with Crippen LogP contribution in [0.4, 0.5) is 0 Å². The molecule has 0 aliphatic heterocycles. The molecule has 21 heavy (non-hydrogen) atoms. The van der Waals surface area contributed by atoms with Gasteiger partial charge >= 0.3 is 0 Å². The van der Waals surface area contributed by atoms with Crippen LogP contribution in [-0.2, 0) is 7.05 Å². The molecule has 2 atom stereocenters. The van der Waals surface area contributed by atoms with E-state index in [9.17, 15) is 9.90 Å². The van der Waals surface area contributed by atoms with Gasteiger partial charge in [0, 0.05) is 13.2 Å². The standard InChI is InChI=1S/C16H20N2O3/c1-11(17-16(20)14-5-4-10-18(14)2)15(19)12-6-8-13(21-3)9-7-12/h4-11,15,19H,1-3H3,(H,17,20). The van der Waals surface area contributed by atoms with Crippen LogP contribution in [0.1, 0.15) is 29.1 Å². The van der Waals surface area contributed by atoms with E-state index >= 15 is 0 Å². The van der Waals surface area contributed by atoms with Crippen LogP contribution in [0.3, 0.4) is 0 Å². The molecule has 2 rings (SSSR count). The Morgan fingerprint density at radius 1 is 1.29 bits per heavy atom. The summed E-state index contributed by atoms with van der Waals surface area (Å²) in [5.41, 5.74) is 1.29. The number of aryl methyl sites for hydroxylation is 1. The quantitative estimate of drug-likeness (QED) is 0.883. The number of aromatic nitrogens is 1. The number of benzene rings is 1. The number of hydrogen-bond acceptors (Lipinski definition) is 3. The molecule has 0 radical (unpaired) electrons. The maximum absolute atomic E-state index is 12.1. The number of methoxy groups -OCH3 is 1. The zero-order valence-corrected chi connectivity index (χ0v) is 12.4. The average molecular weight is 288 g/mol. The van der Waals surface area contributed by atoms with Gasteiger partial charge in [0.2, 0.25) is 0 Å². The predicted molar refractivity (Wildman–Crippen MR) is 80.3 cm³/mol. The third kappa shape index (κ3) is 3.44. The maximum Gasteiger partial charge on any atom is 0.268 e. The summed E-state index contributed by atoms with van der Waals surface area (Å²) in [7, 11) is 3.40. The van der Waals surface area contributed by atoms with Gasteiger partial charge in [0.15, 0.2) is 0 Å². The lowest BCUT2D eigenvalue weighted by atomic mass is 10.0. The summed E-state index contributed by atoms with van der Waals surface area (Å²) in [6.07, 6.45) is 1.03. The van der Waals surface area contributed by atoms with E-state index in [0.717, 1.165) is 11.3 Å². The number of aliphatic hydroxyl groups excluding tert-OH is 1. The number of carbonyl (C=O) groups is 1. The van der Waals surface area contributed by atoms with E-state index in [2.05, 4.69) is 5.32 Å². The Hall–Kier alpha value is -2.27. The minimum absolute atomic E-state index is 0.206. The Morgan fingerprint density at radius 2 is 1.95 bits per heavy atom. The highest BCUT2D eigenvalue weighted by Gasteiger charge is 2.20. The SMILES string of the molecule is COc1ccc(C(O)C(C)NC(=O)c2cccn2C)cc1. The number of amides is 1. The molecule has 2 N–H and O–H groups in total. The first kappa shape index (κ1) is 15.1. The van der Waals surface area contributed by atoms with Gasteiger partial charge in [0.05, 0.1) is 19.3 Å². The highest BCUT2D eigenvalue weighted by molar-refractivity contribution is 5.92. The number of rotatable bonds is 5. The van der Waals surface area contributed by atoms with Crippen molar-refractivity contribution < 1.29 is 14.6 Å². The van der Waals surface area contributed by atoms with Gasteiger partial charge < -0.3 is 19.7 Å². The van der Waals surface area contributed by atoms with E-state index in [1.165, 1.54) is 0 Å². The smallest absolute Gasteiger partial charge is 0.268 e. The Morgan fingerprint density at radius 3 is 2.48 bits per heavy atom. The van der Waals surface area contributed by atoms with Crippen molar-refractivity contribution in [2.45, 2.75) is 19.1 Å². The topological polar surface area (TPSA) is 63.5 Å². The van der Waals surface area contributed by atoms with E-state index in [0.29, 0.717) is 5.69 Å². The van der Waals surface area contributed by atoms with Gasteiger partial charge in [0.25, 0.3) is 5.91 Å². The summed E-state index contributed by atoms with van der Waals surface area (Å²) in [6, 6.07) is 10.3. The molecule has 5 nitrogen and oxygen atoms in total. The highest BCUT2D eigenvalue weighted by atomic mass is 16.5. The van der Waals surface area contributed by atoms with Crippen LogP contribution in [0.2, 0.25) is 0 Å². The molecule has 1 amide bonds. The van der Waals surface area contributed by atoms with Crippen LogP contribution in [-0.4, -0.2) is 28.7 Å². The van der Waals surface area contributed by atoms with Gasteiger partial charge in [-0.05, 0) is 36.8 Å². The lowest BCUT2D eigenvalue weighted by Gasteiger charge is -2.21. The molecular weight excluding hydrogens is 268 g/mol. The molecule has 112 valence electrons. The van der Waals surface area contributed by atoms with Crippen LogP contribution in [0.5, 0.6) is 5.75 Å². The zero-order valence-electron chi connectivity index (χ0n) is 12.4. The van der Waals surface area contributed by atoms with Crippen molar-refractivity contribution >= 4 is 5.91 Å². The summed E-state index contributed by atoms with van der Waals surface area (Å²) in [4.78, 5) is 12.1. The molecule has 5 heteroatoms. The highest BCUT2D eigenvalue weighted by Crippen LogP contribution is 2.20. The Labute approximate surface area is 124 Å². The van der Waals surface area contributed by atoms with E-state index in [4.69, 9.17) is 4.74 Å². The second-order valence-electron chi connectivity index (χ2n) is 4.98. The molecule has 0 aliphatic rings. The molecule has 1 aromatic heterocycles. The van der Waals surface area contributed by atoms with Gasteiger partial charge in [-0.1, -0.05) is 12.1 Å². The Kier molecular flexibility index (Phi) is 4.65. The van der Waals surface area contributed by atoms with Crippen molar-refractivity contribution in [3.05, 3.63) is 53.9 Å². The number of hydrogen-bond donors (Lipinski definition) is 2. The summed E-state index contributed by atoms with van der Waals surface area (Å²) >= 11 is 0. The van der Waals surface area contributed by atoms with Crippen LogP contribution in [0.25, 0.3) is 0 Å². The van der Waals surface area contributed by atoms with E-state index in [-0.39, 0.29) is 5.91 Å². The summed E-state index contributed by atoms with van der Waals surface area (Å²) in [6.45, 7) is 1.77. The van der Waals surface area contributed by atoms with Gasteiger partial charge in [0.1, 0.15) is 11.4 Å². The fourth-order valence-electron chi connectivity index (χ4n) is 2.15. The second kappa shape index (κ2) is 6.45. The van der Waals surface area contributed by atoms with Crippen LogP contribution in [0.15, 0.2) is 42.6 Å². The number of carbonyl (C=O) groups excluding carboxylic acids is 1. The van der Waals surface area contributed by atoms with Crippen molar-refractivity contribution in [2.24, 2.45) is 7.05 Å². The number of aliphatic hydroxyl groups is 1. The molecule has 0 fully saturated rings. The van der Waals surface area contributed by atoms with Crippen molar-refractivity contribution in [1.29, 1.82) is 0 Å². The van der Waals surface area contributed by atoms with Crippen LogP contribution < -0.4 is 10.1 Å². The first-order valence-electron chi connectivity index (χ1n) is 6.77. The molecule has 0 saturated carbocycles. The van der Waals surface area contributed by atoms with Gasteiger partial charge in [-0.25, -0.2) is 0 Å². The van der Waals surface area contributed by atoms with Gasteiger partial charge in [-0.2, -0.15) is 0 Å². The number of ether oxygens (including phenoxy) is 1. The van der Waals surface area contributed by atoms with Gasteiger partial charge in [-0.3, -0.25) is 4.79 Å². The minimum atomic E-state index is -0.778. The van der Waals surface area contributed by atoms with Crippen LogP contribution >= 0.6 is 0 Å². The number of nitrogens with one attached hydrogen (secondary N) is 1. The molecular formula is C16H20N2O3. The largest absolute Gasteiger partial charge is 0.497 e. The normalized spacial score (nSPS) is 13.5. The summed E-state index contributed by atoms with van der Waals surface area (Å²) in [5.74, 6) is 0.522. The average Bonchev–Trinajstić information content (AvgIpc) is 2.92. The molecule has 1 heterocycles. The summed E-state index contributed by atoms with van der Waals surface area (Å²) in [5, 5.41) is 13.1. The fraction of sp³-hybridized carbons (Fsp3) is 0.312. The second-order valence-corrected chi connectivity index (χ2v) is 4.98. The number of nitrogens with zero attached hydrogens (tertiary/aromatic N) is 1. The molecule has 2 aromatic rings. The fourth-order valence-corrected chi connectivity index (χ4v) is 2.15.